The Hall–Kier alpha value is -2.71. The number of aromatic nitrogens is 5. The van der Waals surface area contributed by atoms with E-state index < -0.39 is 0 Å². The van der Waals surface area contributed by atoms with E-state index in [0.717, 1.165) is 0 Å². The first-order valence-electron chi connectivity index (χ1n) is 7.45. The van der Waals surface area contributed by atoms with Crippen molar-refractivity contribution < 1.29 is 9.59 Å². The largest absolute Gasteiger partial charge is 0.343 e. The number of amides is 2. The van der Waals surface area contributed by atoms with Crippen LogP contribution in [0.2, 0.25) is 0 Å². The lowest BCUT2D eigenvalue weighted by atomic mass is 10.1. The van der Waals surface area contributed by atoms with Crippen LogP contribution < -0.4 is 0 Å². The molecule has 1 fully saturated rings. The molecule has 1 aliphatic heterocycles. The highest BCUT2D eigenvalue weighted by atomic mass is 16.2. The molecule has 9 heteroatoms. The standard InChI is InChI=1S/C14H19N7O2/c1-4-20-12(5-6-15-20)14(23)19-7-10(8-19)21-9-11(16-17-21)13(22)18(2)3/h5-6,9-10H,4,7-8H2,1-3H3. The van der Waals surface area contributed by atoms with E-state index in [2.05, 4.69) is 15.4 Å². The fourth-order valence-corrected chi connectivity index (χ4v) is 2.50. The van der Waals surface area contributed by atoms with Gasteiger partial charge >= 0.3 is 0 Å². The zero-order valence-electron chi connectivity index (χ0n) is 13.4. The molecular formula is C14H19N7O2. The molecule has 3 heterocycles. The van der Waals surface area contributed by atoms with Crippen LogP contribution in [0.5, 0.6) is 0 Å². The Balaban J connectivity index is 1.63. The lowest BCUT2D eigenvalue weighted by Crippen LogP contribution is -2.51. The summed E-state index contributed by atoms with van der Waals surface area (Å²) in [5.74, 6) is -0.222. The van der Waals surface area contributed by atoms with Crippen molar-refractivity contribution in [2.45, 2.75) is 19.5 Å². The molecule has 0 radical (unpaired) electrons. The summed E-state index contributed by atoms with van der Waals surface area (Å²) in [6.45, 7) is 3.70. The molecule has 2 amide bonds. The van der Waals surface area contributed by atoms with E-state index in [4.69, 9.17) is 0 Å². The van der Waals surface area contributed by atoms with Crippen molar-refractivity contribution in [3.05, 3.63) is 29.8 Å². The minimum absolute atomic E-state index is 0.0368. The van der Waals surface area contributed by atoms with Gasteiger partial charge in [-0.15, -0.1) is 5.10 Å². The molecule has 23 heavy (non-hydrogen) atoms. The monoisotopic (exact) mass is 317 g/mol. The number of nitrogens with zero attached hydrogens (tertiary/aromatic N) is 7. The van der Waals surface area contributed by atoms with E-state index in [9.17, 15) is 9.59 Å². The molecule has 122 valence electrons. The summed E-state index contributed by atoms with van der Waals surface area (Å²) < 4.78 is 3.33. The lowest BCUT2D eigenvalue weighted by Gasteiger charge is -2.38. The van der Waals surface area contributed by atoms with E-state index in [1.807, 2.05) is 6.92 Å². The fourth-order valence-electron chi connectivity index (χ4n) is 2.50. The van der Waals surface area contributed by atoms with Crippen LogP contribution in [0.4, 0.5) is 0 Å². The number of rotatable bonds is 4. The number of hydrogen-bond donors (Lipinski definition) is 0. The number of aryl methyl sites for hydroxylation is 1. The van der Waals surface area contributed by atoms with Crippen LogP contribution in [-0.4, -0.2) is 73.6 Å². The van der Waals surface area contributed by atoms with Crippen LogP contribution in [0.3, 0.4) is 0 Å². The van der Waals surface area contributed by atoms with Crippen LogP contribution in [0, 0.1) is 0 Å². The molecule has 0 N–H and O–H groups in total. The first-order valence-corrected chi connectivity index (χ1v) is 7.45. The number of carbonyl (C=O) groups excluding carboxylic acids is 2. The molecule has 0 aromatic carbocycles. The molecule has 0 spiro atoms. The average molecular weight is 317 g/mol. The summed E-state index contributed by atoms with van der Waals surface area (Å²) >= 11 is 0. The fraction of sp³-hybridized carbons (Fsp3) is 0.500. The van der Waals surface area contributed by atoms with Gasteiger partial charge in [0.25, 0.3) is 11.8 Å². The summed E-state index contributed by atoms with van der Waals surface area (Å²) in [5.41, 5.74) is 0.900. The topological polar surface area (TPSA) is 89.2 Å². The van der Waals surface area contributed by atoms with Crippen LogP contribution in [-0.2, 0) is 6.54 Å². The molecule has 0 unspecified atom stereocenters. The van der Waals surface area contributed by atoms with Gasteiger partial charge in [-0.1, -0.05) is 5.21 Å². The minimum Gasteiger partial charge on any atom is -0.343 e. The van der Waals surface area contributed by atoms with Crippen LogP contribution in [0.25, 0.3) is 0 Å². The summed E-state index contributed by atoms with van der Waals surface area (Å²) in [6.07, 6.45) is 3.26. The van der Waals surface area contributed by atoms with Crippen molar-refractivity contribution in [3.63, 3.8) is 0 Å². The van der Waals surface area contributed by atoms with Gasteiger partial charge in [0.15, 0.2) is 5.69 Å². The summed E-state index contributed by atoms with van der Waals surface area (Å²) in [5, 5.41) is 12.0. The summed E-state index contributed by atoms with van der Waals surface area (Å²) in [7, 11) is 3.34. The molecule has 9 nitrogen and oxygen atoms in total. The maximum absolute atomic E-state index is 12.4. The lowest BCUT2D eigenvalue weighted by molar-refractivity contribution is 0.0485. The van der Waals surface area contributed by atoms with Gasteiger partial charge in [0.1, 0.15) is 5.69 Å². The van der Waals surface area contributed by atoms with Crippen LogP contribution in [0.15, 0.2) is 18.5 Å². The molecule has 0 atom stereocenters. The first kappa shape index (κ1) is 15.2. The SMILES string of the molecule is CCn1nccc1C(=O)N1CC(n2cc(C(=O)N(C)C)nn2)C1. The third-order valence-electron chi connectivity index (χ3n) is 3.89. The Morgan fingerprint density at radius 3 is 2.74 bits per heavy atom. The van der Waals surface area contributed by atoms with E-state index in [1.165, 1.54) is 4.90 Å². The number of hydrogen-bond acceptors (Lipinski definition) is 5. The first-order chi connectivity index (χ1) is 11.0. The predicted octanol–water partition coefficient (Wildman–Crippen LogP) is -0.107. The Bertz CT molecular complexity index is 727. The third kappa shape index (κ3) is 2.69. The Labute approximate surface area is 133 Å². The maximum Gasteiger partial charge on any atom is 0.275 e. The van der Waals surface area contributed by atoms with E-state index in [-0.39, 0.29) is 17.9 Å². The summed E-state index contributed by atoms with van der Waals surface area (Å²) in [6, 6.07) is 1.77. The molecule has 0 saturated carbocycles. The Morgan fingerprint density at radius 1 is 1.35 bits per heavy atom. The van der Waals surface area contributed by atoms with E-state index in [1.54, 1.807) is 46.8 Å². The second-order valence-electron chi connectivity index (χ2n) is 5.68. The van der Waals surface area contributed by atoms with Gasteiger partial charge < -0.3 is 9.80 Å². The zero-order chi connectivity index (χ0) is 16.6. The Kier molecular flexibility index (Phi) is 3.85. The molecule has 3 rings (SSSR count). The van der Waals surface area contributed by atoms with E-state index in [0.29, 0.717) is 31.0 Å². The highest BCUT2D eigenvalue weighted by Crippen LogP contribution is 2.22. The van der Waals surface area contributed by atoms with Crippen molar-refractivity contribution in [2.24, 2.45) is 0 Å². The second-order valence-corrected chi connectivity index (χ2v) is 5.68. The van der Waals surface area contributed by atoms with Gasteiger partial charge in [0, 0.05) is 39.9 Å². The van der Waals surface area contributed by atoms with Gasteiger partial charge in [-0.3, -0.25) is 14.3 Å². The van der Waals surface area contributed by atoms with Crippen molar-refractivity contribution in [1.29, 1.82) is 0 Å². The highest BCUT2D eigenvalue weighted by Gasteiger charge is 2.34. The molecule has 0 aliphatic carbocycles. The molecule has 0 bridgehead atoms. The number of likely N-dealkylation sites (tertiary alicyclic amines) is 1. The van der Waals surface area contributed by atoms with Crippen molar-refractivity contribution in [1.82, 2.24) is 34.6 Å². The maximum atomic E-state index is 12.4. The smallest absolute Gasteiger partial charge is 0.275 e. The van der Waals surface area contributed by atoms with Gasteiger partial charge in [-0.25, -0.2) is 4.68 Å². The molecule has 1 aliphatic rings. The molecule has 2 aromatic heterocycles. The highest BCUT2D eigenvalue weighted by molar-refractivity contribution is 5.93. The van der Waals surface area contributed by atoms with Crippen molar-refractivity contribution in [3.8, 4) is 0 Å². The predicted molar refractivity (Wildman–Crippen MR) is 80.9 cm³/mol. The Morgan fingerprint density at radius 2 is 2.09 bits per heavy atom. The van der Waals surface area contributed by atoms with E-state index >= 15 is 0 Å². The van der Waals surface area contributed by atoms with Crippen molar-refractivity contribution >= 4 is 11.8 Å². The zero-order valence-corrected chi connectivity index (χ0v) is 13.4. The van der Waals surface area contributed by atoms with Crippen LogP contribution >= 0.6 is 0 Å². The normalized spacial score (nSPS) is 14.7. The van der Waals surface area contributed by atoms with Gasteiger partial charge in [0.2, 0.25) is 0 Å². The summed E-state index contributed by atoms with van der Waals surface area (Å²) in [4.78, 5) is 27.4. The van der Waals surface area contributed by atoms with Gasteiger partial charge in [0.05, 0.1) is 12.2 Å². The minimum atomic E-state index is -0.185. The second kappa shape index (κ2) is 5.82. The average Bonchev–Trinajstić information content (AvgIpc) is 3.13. The van der Waals surface area contributed by atoms with Crippen LogP contribution in [0.1, 0.15) is 33.9 Å². The third-order valence-corrected chi connectivity index (χ3v) is 3.89. The molecule has 2 aromatic rings. The molecule has 1 saturated heterocycles. The van der Waals surface area contributed by atoms with Gasteiger partial charge in [-0.2, -0.15) is 5.10 Å². The quantitative estimate of drug-likeness (QED) is 0.785. The van der Waals surface area contributed by atoms with Gasteiger partial charge in [-0.05, 0) is 13.0 Å². The number of carbonyl (C=O) groups is 2. The molecular weight excluding hydrogens is 298 g/mol. The van der Waals surface area contributed by atoms with Crippen molar-refractivity contribution in [2.75, 3.05) is 27.2 Å².